The van der Waals surface area contributed by atoms with Crippen LogP contribution >= 0.6 is 34.3 Å². The third-order valence-corrected chi connectivity index (χ3v) is 4.98. The Labute approximate surface area is 121 Å². The average Bonchev–Trinajstić information content (AvgIpc) is 2.93. The Bertz CT molecular complexity index is 493. The molecule has 1 unspecified atom stereocenters. The first-order valence-corrected chi connectivity index (χ1v) is 8.21. The third-order valence-electron chi connectivity index (χ3n) is 2.68. The van der Waals surface area contributed by atoms with Gasteiger partial charge in [0.15, 0.2) is 0 Å². The summed E-state index contributed by atoms with van der Waals surface area (Å²) in [7, 11) is 0. The van der Waals surface area contributed by atoms with Gasteiger partial charge in [-0.25, -0.2) is 4.98 Å². The fourth-order valence-corrected chi connectivity index (χ4v) is 3.73. The zero-order valence-corrected chi connectivity index (χ0v) is 13.0. The zero-order chi connectivity index (χ0) is 13.0. The maximum absolute atomic E-state index is 6.24. The van der Waals surface area contributed by atoms with Gasteiger partial charge in [0.2, 0.25) is 0 Å². The van der Waals surface area contributed by atoms with Crippen molar-refractivity contribution in [3.63, 3.8) is 0 Å². The maximum atomic E-state index is 6.24. The Hall–Kier alpha value is -0.420. The van der Waals surface area contributed by atoms with E-state index in [1.54, 1.807) is 22.7 Å². The molecule has 0 bridgehead atoms. The van der Waals surface area contributed by atoms with Crippen molar-refractivity contribution >= 4 is 34.3 Å². The highest BCUT2D eigenvalue weighted by atomic mass is 35.5. The normalized spacial score (nSPS) is 12.8. The van der Waals surface area contributed by atoms with Crippen LogP contribution in [0.5, 0.6) is 0 Å². The Kier molecular flexibility index (Phi) is 5.18. The van der Waals surface area contributed by atoms with Gasteiger partial charge < -0.3 is 5.32 Å². The number of thiazole rings is 1. The predicted molar refractivity (Wildman–Crippen MR) is 80.9 cm³/mol. The Morgan fingerprint density at radius 2 is 2.28 bits per heavy atom. The van der Waals surface area contributed by atoms with Crippen LogP contribution in [0.15, 0.2) is 16.8 Å². The number of nitrogens with zero attached hydrogens (tertiary/aromatic N) is 1. The summed E-state index contributed by atoms with van der Waals surface area (Å²) in [6, 6.07) is 2.24. The van der Waals surface area contributed by atoms with Gasteiger partial charge in [0.05, 0.1) is 15.7 Å². The molecule has 0 aliphatic rings. The lowest BCUT2D eigenvalue weighted by atomic mass is 10.1. The Balaban J connectivity index is 2.12. The van der Waals surface area contributed by atoms with Crippen molar-refractivity contribution < 1.29 is 0 Å². The number of aryl methyl sites for hydroxylation is 1. The second-order valence-corrected chi connectivity index (χ2v) is 6.62. The Morgan fingerprint density at radius 1 is 1.44 bits per heavy atom. The quantitative estimate of drug-likeness (QED) is 0.852. The van der Waals surface area contributed by atoms with E-state index < -0.39 is 0 Å². The van der Waals surface area contributed by atoms with Crippen LogP contribution < -0.4 is 5.32 Å². The standard InChI is InChI=1S/C13H17ClN2S2/c1-3-5-15-12(13-11(14)4-6-17-13)7-10-8-18-9(2)16-10/h4,6,8,12,15H,3,5,7H2,1-2H3. The molecule has 1 N–H and O–H groups in total. The summed E-state index contributed by atoms with van der Waals surface area (Å²) in [5.41, 5.74) is 1.15. The van der Waals surface area contributed by atoms with Crippen molar-refractivity contribution in [1.29, 1.82) is 0 Å². The molecule has 0 fully saturated rings. The van der Waals surface area contributed by atoms with E-state index >= 15 is 0 Å². The summed E-state index contributed by atoms with van der Waals surface area (Å²) < 4.78 is 0. The van der Waals surface area contributed by atoms with Crippen LogP contribution in [0.1, 0.15) is 35.0 Å². The van der Waals surface area contributed by atoms with Crippen molar-refractivity contribution in [2.75, 3.05) is 6.54 Å². The van der Waals surface area contributed by atoms with Crippen molar-refractivity contribution in [3.8, 4) is 0 Å². The Morgan fingerprint density at radius 3 is 2.83 bits per heavy atom. The minimum Gasteiger partial charge on any atom is -0.309 e. The number of hydrogen-bond acceptors (Lipinski definition) is 4. The number of aromatic nitrogens is 1. The second kappa shape index (κ2) is 6.66. The molecule has 0 aliphatic carbocycles. The minimum atomic E-state index is 0.277. The van der Waals surface area contributed by atoms with Crippen molar-refractivity contribution in [1.82, 2.24) is 10.3 Å². The van der Waals surface area contributed by atoms with Gasteiger partial charge in [0.25, 0.3) is 0 Å². The maximum Gasteiger partial charge on any atom is 0.0897 e. The summed E-state index contributed by atoms with van der Waals surface area (Å²) >= 11 is 9.66. The van der Waals surface area contributed by atoms with Crippen LogP contribution in [0, 0.1) is 6.92 Å². The molecule has 5 heteroatoms. The number of halogens is 1. The molecule has 98 valence electrons. The number of rotatable bonds is 6. The molecule has 0 radical (unpaired) electrons. The molecule has 0 saturated heterocycles. The topological polar surface area (TPSA) is 24.9 Å². The van der Waals surface area contributed by atoms with E-state index in [2.05, 4.69) is 22.6 Å². The largest absolute Gasteiger partial charge is 0.309 e. The first-order chi connectivity index (χ1) is 8.70. The van der Waals surface area contributed by atoms with Gasteiger partial charge in [-0.1, -0.05) is 18.5 Å². The van der Waals surface area contributed by atoms with Crippen LogP contribution in [-0.4, -0.2) is 11.5 Å². The molecular formula is C13H17ClN2S2. The second-order valence-electron chi connectivity index (χ2n) is 4.20. The van der Waals surface area contributed by atoms with Crippen molar-refractivity contribution in [2.24, 2.45) is 0 Å². The van der Waals surface area contributed by atoms with Gasteiger partial charge in [-0.2, -0.15) is 0 Å². The minimum absolute atomic E-state index is 0.277. The highest BCUT2D eigenvalue weighted by Gasteiger charge is 2.17. The molecule has 18 heavy (non-hydrogen) atoms. The van der Waals surface area contributed by atoms with E-state index in [-0.39, 0.29) is 6.04 Å². The summed E-state index contributed by atoms with van der Waals surface area (Å²) in [4.78, 5) is 5.76. The van der Waals surface area contributed by atoms with Gasteiger partial charge in [-0.05, 0) is 31.3 Å². The SMILES string of the molecule is CCCNC(Cc1csc(C)n1)c1sccc1Cl. The van der Waals surface area contributed by atoms with Crippen LogP contribution in [0.3, 0.4) is 0 Å². The summed E-state index contributed by atoms with van der Waals surface area (Å²) in [6.07, 6.45) is 2.03. The monoisotopic (exact) mass is 300 g/mol. The molecule has 2 nitrogen and oxygen atoms in total. The van der Waals surface area contributed by atoms with E-state index in [4.69, 9.17) is 11.6 Å². The van der Waals surface area contributed by atoms with Gasteiger partial charge >= 0.3 is 0 Å². The molecule has 0 aromatic carbocycles. The van der Waals surface area contributed by atoms with E-state index in [0.717, 1.165) is 35.1 Å². The molecule has 0 spiro atoms. The fraction of sp³-hybridized carbons (Fsp3) is 0.462. The number of hydrogen-bond donors (Lipinski definition) is 1. The molecule has 1 atom stereocenters. The van der Waals surface area contributed by atoms with Crippen molar-refractivity contribution in [3.05, 3.63) is 37.4 Å². The highest BCUT2D eigenvalue weighted by molar-refractivity contribution is 7.10. The summed E-state index contributed by atoms with van der Waals surface area (Å²) in [5.74, 6) is 0. The number of thiophene rings is 1. The van der Waals surface area contributed by atoms with Gasteiger partial charge in [-0.3, -0.25) is 0 Å². The molecule has 2 heterocycles. The molecule has 2 aromatic heterocycles. The zero-order valence-electron chi connectivity index (χ0n) is 10.6. The van der Waals surface area contributed by atoms with E-state index in [0.29, 0.717) is 0 Å². The smallest absolute Gasteiger partial charge is 0.0897 e. The van der Waals surface area contributed by atoms with Gasteiger partial charge in [-0.15, -0.1) is 22.7 Å². The van der Waals surface area contributed by atoms with Crippen LogP contribution in [0.2, 0.25) is 5.02 Å². The highest BCUT2D eigenvalue weighted by Crippen LogP contribution is 2.31. The molecule has 0 aliphatic heterocycles. The number of nitrogens with one attached hydrogen (secondary N) is 1. The van der Waals surface area contributed by atoms with E-state index in [1.807, 2.05) is 18.4 Å². The predicted octanol–water partition coefficient (Wildman–Crippen LogP) is 4.45. The summed E-state index contributed by atoms with van der Waals surface area (Å²) in [5, 5.41) is 9.73. The van der Waals surface area contributed by atoms with Crippen LogP contribution in [0.4, 0.5) is 0 Å². The molecule has 2 aromatic rings. The molecule has 2 rings (SSSR count). The lowest BCUT2D eigenvalue weighted by Crippen LogP contribution is -2.23. The van der Waals surface area contributed by atoms with Crippen LogP contribution in [0.25, 0.3) is 0 Å². The van der Waals surface area contributed by atoms with Gasteiger partial charge in [0, 0.05) is 22.7 Å². The van der Waals surface area contributed by atoms with Gasteiger partial charge in [0.1, 0.15) is 0 Å². The average molecular weight is 301 g/mol. The third kappa shape index (κ3) is 3.54. The summed E-state index contributed by atoms with van der Waals surface area (Å²) in [6.45, 7) is 5.22. The van der Waals surface area contributed by atoms with E-state index in [1.165, 1.54) is 4.88 Å². The first kappa shape index (κ1) is 14.0. The van der Waals surface area contributed by atoms with E-state index in [9.17, 15) is 0 Å². The van der Waals surface area contributed by atoms with Crippen LogP contribution in [-0.2, 0) is 6.42 Å². The first-order valence-electron chi connectivity index (χ1n) is 6.08. The fourth-order valence-electron chi connectivity index (χ4n) is 1.84. The molecule has 0 saturated carbocycles. The lowest BCUT2D eigenvalue weighted by molar-refractivity contribution is 0.532. The lowest BCUT2D eigenvalue weighted by Gasteiger charge is -2.16. The molecule has 0 amide bonds. The molecular weight excluding hydrogens is 284 g/mol. The van der Waals surface area contributed by atoms with Crippen molar-refractivity contribution in [2.45, 2.75) is 32.7 Å².